The van der Waals surface area contributed by atoms with Gasteiger partial charge in [-0.15, -0.1) is 11.3 Å². The molecule has 0 saturated carbocycles. The Kier molecular flexibility index (Phi) is 3.79. The highest BCUT2D eigenvalue weighted by Crippen LogP contribution is 2.28. The molecule has 6 heteroatoms. The molecule has 120 valence electrons. The van der Waals surface area contributed by atoms with Gasteiger partial charge < -0.3 is 5.73 Å². The van der Waals surface area contributed by atoms with E-state index in [1.807, 2.05) is 30.4 Å². The summed E-state index contributed by atoms with van der Waals surface area (Å²) in [6.45, 7) is 5.22. The smallest absolute Gasteiger partial charge is 0.157 e. The molecule has 0 spiro atoms. The van der Waals surface area contributed by atoms with Crippen molar-refractivity contribution < 1.29 is 0 Å². The van der Waals surface area contributed by atoms with Crippen LogP contribution in [-0.4, -0.2) is 32.6 Å². The first-order valence-corrected chi connectivity index (χ1v) is 8.94. The van der Waals surface area contributed by atoms with Gasteiger partial charge in [-0.1, -0.05) is 6.07 Å². The fourth-order valence-corrected chi connectivity index (χ4v) is 4.15. The van der Waals surface area contributed by atoms with Crippen LogP contribution in [0.25, 0.3) is 5.65 Å². The minimum absolute atomic E-state index is 0.450. The topological polar surface area (TPSA) is 59.5 Å². The number of nitrogens with two attached hydrogens (primary N) is 1. The predicted molar refractivity (Wildman–Crippen MR) is 93.7 cm³/mol. The first-order valence-electron chi connectivity index (χ1n) is 8.06. The highest BCUT2D eigenvalue weighted by molar-refractivity contribution is 7.09. The lowest BCUT2D eigenvalue weighted by Crippen LogP contribution is -2.34. The summed E-state index contributed by atoms with van der Waals surface area (Å²) < 4.78 is 1.73. The zero-order valence-electron chi connectivity index (χ0n) is 13.3. The number of hydrogen-bond acceptors (Lipinski definition) is 5. The summed E-state index contributed by atoms with van der Waals surface area (Å²) in [5.41, 5.74) is 9.08. The molecule has 5 nitrogen and oxygen atoms in total. The quantitative estimate of drug-likeness (QED) is 0.803. The van der Waals surface area contributed by atoms with Gasteiger partial charge in [-0.05, 0) is 37.8 Å². The number of piperidine rings is 1. The van der Waals surface area contributed by atoms with Gasteiger partial charge >= 0.3 is 0 Å². The standard InChI is InChI=1S/C17H21N5S/c1-12-8-17-19-15(9-16(18)22(17)20-12)13-4-2-6-21(10-13)11-14-5-3-7-23-14/h3,5,7-9,13H,2,4,6,10-11,18H2,1H3. The van der Waals surface area contributed by atoms with Crippen molar-refractivity contribution in [3.8, 4) is 0 Å². The van der Waals surface area contributed by atoms with Crippen LogP contribution in [0.4, 0.5) is 5.82 Å². The summed E-state index contributed by atoms with van der Waals surface area (Å²) in [7, 11) is 0. The second kappa shape index (κ2) is 5.94. The Morgan fingerprint density at radius 2 is 2.30 bits per heavy atom. The molecular formula is C17H21N5S. The molecule has 0 bridgehead atoms. The van der Waals surface area contributed by atoms with E-state index in [1.165, 1.54) is 17.7 Å². The lowest BCUT2D eigenvalue weighted by molar-refractivity contribution is 0.200. The average molecular weight is 327 g/mol. The van der Waals surface area contributed by atoms with Crippen molar-refractivity contribution in [2.75, 3.05) is 18.8 Å². The van der Waals surface area contributed by atoms with E-state index in [9.17, 15) is 0 Å². The van der Waals surface area contributed by atoms with Gasteiger partial charge in [0.25, 0.3) is 0 Å². The van der Waals surface area contributed by atoms with Gasteiger partial charge in [-0.25, -0.2) is 4.98 Å². The van der Waals surface area contributed by atoms with E-state index in [-0.39, 0.29) is 0 Å². The van der Waals surface area contributed by atoms with E-state index in [1.54, 1.807) is 4.52 Å². The van der Waals surface area contributed by atoms with E-state index in [4.69, 9.17) is 10.7 Å². The Labute approximate surface area is 139 Å². The monoisotopic (exact) mass is 327 g/mol. The molecule has 3 aromatic heterocycles. The SMILES string of the molecule is Cc1cc2nc(C3CCCN(Cc4cccs4)C3)cc(N)n2n1. The Balaban J connectivity index is 1.57. The summed E-state index contributed by atoms with van der Waals surface area (Å²) in [6.07, 6.45) is 2.39. The summed E-state index contributed by atoms with van der Waals surface area (Å²) >= 11 is 1.83. The fraction of sp³-hybridized carbons (Fsp3) is 0.412. The van der Waals surface area contributed by atoms with Crippen LogP contribution < -0.4 is 5.73 Å². The molecule has 3 aromatic rings. The van der Waals surface area contributed by atoms with Crippen molar-refractivity contribution in [2.45, 2.75) is 32.2 Å². The molecule has 1 aliphatic rings. The van der Waals surface area contributed by atoms with E-state index >= 15 is 0 Å². The number of nitrogens with zero attached hydrogens (tertiary/aromatic N) is 4. The Hall–Kier alpha value is -1.92. The molecule has 0 aromatic carbocycles. The number of aryl methyl sites for hydroxylation is 1. The average Bonchev–Trinajstić information content (AvgIpc) is 3.16. The zero-order valence-corrected chi connectivity index (χ0v) is 14.1. The van der Waals surface area contributed by atoms with Gasteiger partial charge in [0.05, 0.1) is 11.4 Å². The van der Waals surface area contributed by atoms with Crippen molar-refractivity contribution in [1.29, 1.82) is 0 Å². The number of fused-ring (bicyclic) bond motifs is 1. The highest BCUT2D eigenvalue weighted by Gasteiger charge is 2.23. The number of aromatic nitrogens is 3. The van der Waals surface area contributed by atoms with Crippen LogP contribution >= 0.6 is 11.3 Å². The van der Waals surface area contributed by atoms with Crippen LogP contribution in [0.1, 0.15) is 35.0 Å². The third kappa shape index (κ3) is 2.96. The molecule has 0 radical (unpaired) electrons. The van der Waals surface area contributed by atoms with Crippen LogP contribution in [-0.2, 0) is 6.54 Å². The zero-order chi connectivity index (χ0) is 15.8. The predicted octanol–water partition coefficient (Wildman–Crippen LogP) is 3.06. The van der Waals surface area contributed by atoms with Crippen molar-refractivity contribution in [3.05, 3.63) is 45.9 Å². The summed E-state index contributed by atoms with van der Waals surface area (Å²) in [4.78, 5) is 8.77. The van der Waals surface area contributed by atoms with E-state index in [2.05, 4.69) is 27.5 Å². The third-order valence-corrected chi connectivity index (χ3v) is 5.34. The summed E-state index contributed by atoms with van der Waals surface area (Å²) in [6, 6.07) is 8.33. The number of likely N-dealkylation sites (tertiary alicyclic amines) is 1. The van der Waals surface area contributed by atoms with Crippen LogP contribution in [0.2, 0.25) is 0 Å². The van der Waals surface area contributed by atoms with Crippen molar-refractivity contribution in [3.63, 3.8) is 0 Å². The molecule has 0 amide bonds. The number of rotatable bonds is 3. The second-order valence-electron chi connectivity index (χ2n) is 6.32. The fourth-order valence-electron chi connectivity index (χ4n) is 3.41. The van der Waals surface area contributed by atoms with Crippen LogP contribution in [0.5, 0.6) is 0 Å². The van der Waals surface area contributed by atoms with Gasteiger partial charge in [0, 0.05) is 36.0 Å². The molecule has 0 aliphatic carbocycles. The lowest BCUT2D eigenvalue weighted by Gasteiger charge is -2.32. The Morgan fingerprint density at radius 1 is 1.39 bits per heavy atom. The molecule has 1 unspecified atom stereocenters. The second-order valence-corrected chi connectivity index (χ2v) is 7.35. The first kappa shape index (κ1) is 14.7. The summed E-state index contributed by atoms with van der Waals surface area (Å²) in [5, 5.41) is 6.53. The van der Waals surface area contributed by atoms with Crippen molar-refractivity contribution in [2.24, 2.45) is 0 Å². The molecule has 1 atom stereocenters. The minimum atomic E-state index is 0.450. The lowest BCUT2D eigenvalue weighted by atomic mass is 9.94. The maximum atomic E-state index is 6.17. The van der Waals surface area contributed by atoms with Gasteiger partial charge in [-0.3, -0.25) is 4.90 Å². The molecule has 2 N–H and O–H groups in total. The van der Waals surface area contributed by atoms with Crippen LogP contribution in [0, 0.1) is 6.92 Å². The van der Waals surface area contributed by atoms with Crippen LogP contribution in [0.15, 0.2) is 29.6 Å². The molecule has 1 aliphatic heterocycles. The molecule has 4 rings (SSSR count). The maximum absolute atomic E-state index is 6.17. The third-order valence-electron chi connectivity index (χ3n) is 4.48. The maximum Gasteiger partial charge on any atom is 0.157 e. The van der Waals surface area contributed by atoms with Gasteiger partial charge in [0.15, 0.2) is 5.65 Å². The van der Waals surface area contributed by atoms with Gasteiger partial charge in [0.1, 0.15) is 5.82 Å². The largest absolute Gasteiger partial charge is 0.384 e. The van der Waals surface area contributed by atoms with Gasteiger partial charge in [-0.2, -0.15) is 9.61 Å². The minimum Gasteiger partial charge on any atom is -0.384 e. The highest BCUT2D eigenvalue weighted by atomic mass is 32.1. The van der Waals surface area contributed by atoms with E-state index in [0.717, 1.165) is 36.7 Å². The van der Waals surface area contributed by atoms with Crippen LogP contribution in [0.3, 0.4) is 0 Å². The number of anilines is 1. The van der Waals surface area contributed by atoms with Gasteiger partial charge in [0.2, 0.25) is 0 Å². The first-order chi connectivity index (χ1) is 11.2. The molecule has 4 heterocycles. The Bertz CT molecular complexity index is 808. The molecule has 1 saturated heterocycles. The van der Waals surface area contributed by atoms with Crippen molar-refractivity contribution >= 4 is 22.8 Å². The van der Waals surface area contributed by atoms with E-state index < -0.39 is 0 Å². The molecular weight excluding hydrogens is 306 g/mol. The number of thiophene rings is 1. The van der Waals surface area contributed by atoms with E-state index in [0.29, 0.717) is 11.7 Å². The van der Waals surface area contributed by atoms with Crippen molar-refractivity contribution in [1.82, 2.24) is 19.5 Å². The summed E-state index contributed by atoms with van der Waals surface area (Å²) in [5.74, 6) is 1.12. The normalized spacial score (nSPS) is 19.4. The molecule has 1 fully saturated rings. The Morgan fingerprint density at radius 3 is 3.13 bits per heavy atom. The molecule has 23 heavy (non-hydrogen) atoms. The number of hydrogen-bond donors (Lipinski definition) is 1. The number of nitrogen functional groups attached to an aromatic ring is 1.